The molecule has 1 aliphatic heterocycles. The first-order chi connectivity index (χ1) is 21.7. The summed E-state index contributed by atoms with van der Waals surface area (Å²) in [4.78, 5) is 35.9. The van der Waals surface area contributed by atoms with Gasteiger partial charge in [-0.1, -0.05) is 12.1 Å². The minimum atomic E-state index is -4.83. The number of carbonyl (C=O) groups is 2. The molecule has 1 aliphatic rings. The summed E-state index contributed by atoms with van der Waals surface area (Å²) < 4.78 is 92.5. The number of hydrogen-bond acceptors (Lipinski definition) is 6. The first kappa shape index (κ1) is 34.4. The van der Waals surface area contributed by atoms with Crippen LogP contribution >= 0.6 is 0 Å². The van der Waals surface area contributed by atoms with Crippen LogP contribution in [0.4, 0.5) is 32.0 Å². The molecule has 1 atom stereocenters. The molecule has 248 valence electrons. The highest BCUT2D eigenvalue weighted by Crippen LogP contribution is 2.36. The van der Waals surface area contributed by atoms with E-state index in [0.29, 0.717) is 24.9 Å². The van der Waals surface area contributed by atoms with E-state index in [1.807, 2.05) is 30.0 Å². The van der Waals surface area contributed by atoms with Gasteiger partial charge in [0.05, 0.1) is 36.0 Å². The van der Waals surface area contributed by atoms with Crippen LogP contribution in [-0.4, -0.2) is 79.1 Å². The highest BCUT2D eigenvalue weighted by molar-refractivity contribution is 5.96. The fourth-order valence-corrected chi connectivity index (χ4v) is 5.48. The number of nitrogens with zero attached hydrogens (tertiary/aromatic N) is 4. The van der Waals surface area contributed by atoms with Crippen molar-refractivity contribution in [2.24, 2.45) is 0 Å². The number of anilines is 1. The van der Waals surface area contributed by atoms with Crippen molar-refractivity contribution in [2.75, 3.05) is 51.8 Å². The molecule has 2 heterocycles. The molecular weight excluding hydrogens is 618 g/mol. The minimum absolute atomic E-state index is 0.0254. The maximum absolute atomic E-state index is 14.2. The topological polar surface area (TPSA) is 75.2 Å². The van der Waals surface area contributed by atoms with E-state index < -0.39 is 53.0 Å². The van der Waals surface area contributed by atoms with Gasteiger partial charge < -0.3 is 24.2 Å². The second-order valence-corrected chi connectivity index (χ2v) is 10.8. The van der Waals surface area contributed by atoms with E-state index in [1.54, 1.807) is 13.2 Å². The molecule has 2 amide bonds. The second kappa shape index (κ2) is 13.9. The third-order valence-electron chi connectivity index (χ3n) is 7.84. The Morgan fingerprint density at radius 1 is 0.978 bits per heavy atom. The number of amides is 2. The van der Waals surface area contributed by atoms with Crippen LogP contribution in [0, 0.1) is 0 Å². The van der Waals surface area contributed by atoms with Crippen molar-refractivity contribution < 1.29 is 45.4 Å². The van der Waals surface area contributed by atoms with E-state index in [0.717, 1.165) is 47.2 Å². The Morgan fingerprint density at radius 2 is 1.67 bits per heavy atom. The number of rotatable bonds is 10. The summed E-state index contributed by atoms with van der Waals surface area (Å²) in [5, 5.41) is 0. The lowest BCUT2D eigenvalue weighted by Gasteiger charge is -2.43. The monoisotopic (exact) mass is 652 g/mol. The zero-order valence-corrected chi connectivity index (χ0v) is 25.5. The van der Waals surface area contributed by atoms with Gasteiger partial charge in [-0.2, -0.15) is 26.3 Å². The number of halogens is 6. The number of likely N-dealkylation sites (N-methyl/N-ethyl adjacent to an activating group) is 2. The van der Waals surface area contributed by atoms with Crippen molar-refractivity contribution in [2.45, 2.75) is 37.7 Å². The molecule has 1 fully saturated rings. The molecule has 46 heavy (non-hydrogen) atoms. The van der Waals surface area contributed by atoms with Crippen LogP contribution in [-0.2, 0) is 17.1 Å². The van der Waals surface area contributed by atoms with Crippen LogP contribution in [0.15, 0.2) is 67.0 Å². The largest absolute Gasteiger partial charge is 0.495 e. The van der Waals surface area contributed by atoms with Gasteiger partial charge in [-0.3, -0.25) is 14.6 Å². The number of likely N-dealkylation sites (tertiary alicyclic amines) is 1. The van der Waals surface area contributed by atoms with E-state index >= 15 is 0 Å². The van der Waals surface area contributed by atoms with Crippen molar-refractivity contribution in [1.82, 2.24) is 14.8 Å². The molecule has 0 saturated carbocycles. The molecule has 2 aromatic carbocycles. The Morgan fingerprint density at radius 3 is 2.30 bits per heavy atom. The van der Waals surface area contributed by atoms with Gasteiger partial charge in [-0.15, -0.1) is 0 Å². The molecule has 0 radical (unpaired) electrons. The molecule has 0 spiro atoms. The molecular formula is C32H34F6N4O4. The number of aromatic nitrogens is 1. The van der Waals surface area contributed by atoms with E-state index in [-0.39, 0.29) is 31.7 Å². The van der Waals surface area contributed by atoms with Crippen LogP contribution < -0.4 is 14.4 Å². The Labute approximate surface area is 262 Å². The number of pyridine rings is 1. The molecule has 1 unspecified atom stereocenters. The fraction of sp³-hybridized carbons (Fsp3) is 0.406. The van der Waals surface area contributed by atoms with Gasteiger partial charge in [0.1, 0.15) is 11.5 Å². The fourth-order valence-electron chi connectivity index (χ4n) is 5.48. The average Bonchev–Trinajstić information content (AvgIpc) is 3.04. The van der Waals surface area contributed by atoms with Crippen molar-refractivity contribution in [1.29, 1.82) is 0 Å². The number of methoxy groups -OCH3 is 1. The Bertz CT molecular complexity index is 1520. The number of ether oxygens (including phenoxy) is 2. The highest BCUT2D eigenvalue weighted by atomic mass is 19.4. The zero-order valence-electron chi connectivity index (χ0n) is 25.5. The minimum Gasteiger partial charge on any atom is -0.495 e. The Kier molecular flexibility index (Phi) is 10.4. The maximum Gasteiger partial charge on any atom is 0.417 e. The Balaban J connectivity index is 1.64. The number of para-hydroxylation sites is 2. The van der Waals surface area contributed by atoms with Crippen molar-refractivity contribution >= 4 is 17.5 Å². The predicted octanol–water partition coefficient (Wildman–Crippen LogP) is 6.17. The lowest BCUT2D eigenvalue weighted by molar-refractivity contribution is -0.151. The van der Waals surface area contributed by atoms with Gasteiger partial charge in [0.2, 0.25) is 5.60 Å². The number of alkyl halides is 6. The molecule has 0 N–H and O–H groups in total. The lowest BCUT2D eigenvalue weighted by atomic mass is 9.90. The molecule has 4 rings (SSSR count). The standard InChI is InChI=1S/C32H34F6N4O4/c1-4-41(26-8-5-6-9-27(26)45-3)19-18-40(2)29(44)30(46-23-12-10-22(11-13-23)31(33,34)35)15-7-17-42(21-30)28(43)24-20-39-16-14-25(24)32(36,37)38/h5-6,8-14,16,20H,4,7,15,17-19,21H2,1-3H3. The molecule has 0 aliphatic carbocycles. The van der Waals surface area contributed by atoms with Gasteiger partial charge in [-0.05, 0) is 62.2 Å². The summed E-state index contributed by atoms with van der Waals surface area (Å²) in [5.74, 6) is -1.01. The summed E-state index contributed by atoms with van der Waals surface area (Å²) in [6.45, 7) is 2.64. The first-order valence-electron chi connectivity index (χ1n) is 14.5. The third kappa shape index (κ3) is 7.65. The smallest absolute Gasteiger partial charge is 0.417 e. The molecule has 1 saturated heterocycles. The molecule has 3 aromatic rings. The third-order valence-corrected chi connectivity index (χ3v) is 7.84. The summed E-state index contributed by atoms with van der Waals surface area (Å²) in [5.41, 5.74) is -3.78. The molecule has 14 heteroatoms. The van der Waals surface area contributed by atoms with E-state index in [4.69, 9.17) is 9.47 Å². The summed E-state index contributed by atoms with van der Waals surface area (Å²) in [7, 11) is 3.07. The van der Waals surface area contributed by atoms with Gasteiger partial charge >= 0.3 is 12.4 Å². The molecule has 8 nitrogen and oxygen atoms in total. The Hall–Kier alpha value is -4.49. The van der Waals surface area contributed by atoms with Crippen molar-refractivity contribution in [3.8, 4) is 11.5 Å². The molecule has 1 aromatic heterocycles. The highest BCUT2D eigenvalue weighted by Gasteiger charge is 2.48. The quantitative estimate of drug-likeness (QED) is 0.244. The number of hydrogen-bond donors (Lipinski definition) is 0. The van der Waals surface area contributed by atoms with Crippen LogP contribution in [0.5, 0.6) is 11.5 Å². The SMILES string of the molecule is CCN(CCN(C)C(=O)C1(Oc2ccc(C(F)(F)F)cc2)CCCN(C(=O)c2cnccc2C(F)(F)F)C1)c1ccccc1OC. The summed E-state index contributed by atoms with van der Waals surface area (Å²) in [6, 6.07) is 11.8. The predicted molar refractivity (Wildman–Crippen MR) is 158 cm³/mol. The number of benzene rings is 2. The van der Waals surface area contributed by atoms with Gasteiger partial charge in [0.15, 0.2) is 0 Å². The second-order valence-electron chi connectivity index (χ2n) is 10.8. The summed E-state index contributed by atoms with van der Waals surface area (Å²) in [6.07, 6.45) is -7.45. The van der Waals surface area contributed by atoms with E-state index in [2.05, 4.69) is 4.98 Å². The molecule has 0 bridgehead atoms. The number of piperidine rings is 1. The van der Waals surface area contributed by atoms with E-state index in [9.17, 15) is 35.9 Å². The van der Waals surface area contributed by atoms with Crippen LogP contribution in [0.25, 0.3) is 0 Å². The van der Waals surface area contributed by atoms with Gasteiger partial charge in [0.25, 0.3) is 11.8 Å². The first-order valence-corrected chi connectivity index (χ1v) is 14.5. The van der Waals surface area contributed by atoms with Crippen molar-refractivity contribution in [3.05, 3.63) is 83.7 Å². The zero-order chi connectivity index (χ0) is 33.7. The summed E-state index contributed by atoms with van der Waals surface area (Å²) >= 11 is 0. The van der Waals surface area contributed by atoms with Crippen LogP contribution in [0.3, 0.4) is 0 Å². The van der Waals surface area contributed by atoms with Crippen LogP contribution in [0.1, 0.15) is 41.3 Å². The van der Waals surface area contributed by atoms with Gasteiger partial charge in [0, 0.05) is 45.6 Å². The maximum atomic E-state index is 14.2. The lowest BCUT2D eigenvalue weighted by Crippen LogP contribution is -2.62. The van der Waals surface area contributed by atoms with Crippen LogP contribution in [0.2, 0.25) is 0 Å². The average molecular weight is 653 g/mol. The van der Waals surface area contributed by atoms with Gasteiger partial charge in [-0.25, -0.2) is 0 Å². The normalized spacial score (nSPS) is 16.9. The van der Waals surface area contributed by atoms with E-state index in [1.165, 1.54) is 11.9 Å². The number of carbonyl (C=O) groups excluding carboxylic acids is 2. The van der Waals surface area contributed by atoms with Crippen molar-refractivity contribution in [3.63, 3.8) is 0 Å².